The van der Waals surface area contributed by atoms with Gasteiger partial charge in [0.25, 0.3) is 5.88 Å². The second kappa shape index (κ2) is 6.38. The molecule has 1 saturated heterocycles. The number of ether oxygens (including phenoxy) is 1. The first kappa shape index (κ1) is 14.3. The first-order valence-electron chi connectivity index (χ1n) is 6.42. The highest BCUT2D eigenvalue weighted by atomic mass is 16.5. The van der Waals surface area contributed by atoms with Crippen LogP contribution in [0.5, 0.6) is 5.88 Å². The van der Waals surface area contributed by atoms with Gasteiger partial charge in [-0.2, -0.15) is 0 Å². The molecule has 0 unspecified atom stereocenters. The summed E-state index contributed by atoms with van der Waals surface area (Å²) in [6.45, 7) is 3.33. The van der Waals surface area contributed by atoms with Crippen molar-refractivity contribution in [3.63, 3.8) is 0 Å². The maximum absolute atomic E-state index is 11.0. The van der Waals surface area contributed by atoms with E-state index in [2.05, 4.69) is 9.97 Å². The van der Waals surface area contributed by atoms with Crippen molar-refractivity contribution in [3.8, 4) is 5.88 Å². The third kappa shape index (κ3) is 3.08. The minimum absolute atomic E-state index is 0.0203. The van der Waals surface area contributed by atoms with Crippen LogP contribution in [0.4, 0.5) is 10.6 Å². The number of piperazine rings is 1. The van der Waals surface area contributed by atoms with Gasteiger partial charge in [-0.25, -0.2) is 14.8 Å². The van der Waals surface area contributed by atoms with Crippen LogP contribution >= 0.6 is 0 Å². The number of amides is 1. The monoisotopic (exact) mass is 282 g/mol. The van der Waals surface area contributed by atoms with Crippen LogP contribution in [0.1, 0.15) is 6.92 Å². The average Bonchev–Trinajstić information content (AvgIpc) is 2.45. The minimum Gasteiger partial charge on any atom is -0.473 e. The Morgan fingerprint density at radius 2 is 2.20 bits per heavy atom. The highest BCUT2D eigenvalue weighted by Crippen LogP contribution is 2.26. The molecule has 1 amide bonds. The normalized spacial score (nSPS) is 19.0. The Bertz CT molecular complexity index is 471. The Labute approximate surface area is 116 Å². The Morgan fingerprint density at radius 3 is 2.85 bits per heavy atom. The van der Waals surface area contributed by atoms with Crippen molar-refractivity contribution >= 4 is 11.9 Å². The Hall–Kier alpha value is -2.09. The molecule has 2 rings (SSSR count). The minimum atomic E-state index is -0.910. The molecule has 1 fully saturated rings. The highest BCUT2D eigenvalue weighted by molar-refractivity contribution is 5.65. The molecule has 0 aromatic carbocycles. The summed E-state index contributed by atoms with van der Waals surface area (Å²) in [5, 5.41) is 17.8. The maximum Gasteiger partial charge on any atom is 0.407 e. The van der Waals surface area contributed by atoms with E-state index in [1.807, 2.05) is 11.8 Å². The van der Waals surface area contributed by atoms with E-state index >= 15 is 0 Å². The van der Waals surface area contributed by atoms with Gasteiger partial charge in [-0.15, -0.1) is 0 Å². The molecule has 0 aliphatic carbocycles. The zero-order valence-electron chi connectivity index (χ0n) is 11.3. The topological polar surface area (TPSA) is 99.0 Å². The third-order valence-electron chi connectivity index (χ3n) is 3.15. The van der Waals surface area contributed by atoms with Gasteiger partial charge in [0.15, 0.2) is 5.82 Å². The third-order valence-corrected chi connectivity index (χ3v) is 3.15. The number of carboxylic acid groups (broad SMARTS) is 1. The predicted molar refractivity (Wildman–Crippen MR) is 71.0 cm³/mol. The van der Waals surface area contributed by atoms with Crippen molar-refractivity contribution in [1.82, 2.24) is 14.9 Å². The van der Waals surface area contributed by atoms with Gasteiger partial charge in [-0.1, -0.05) is 0 Å². The zero-order chi connectivity index (χ0) is 14.5. The van der Waals surface area contributed by atoms with Crippen LogP contribution in [0.25, 0.3) is 0 Å². The summed E-state index contributed by atoms with van der Waals surface area (Å²) in [7, 11) is 0. The van der Waals surface area contributed by atoms with Crippen molar-refractivity contribution in [3.05, 3.63) is 12.4 Å². The van der Waals surface area contributed by atoms with Crippen LogP contribution in [0.2, 0.25) is 0 Å². The van der Waals surface area contributed by atoms with Crippen LogP contribution in [0, 0.1) is 0 Å². The quantitative estimate of drug-likeness (QED) is 0.804. The second-order valence-electron chi connectivity index (χ2n) is 4.53. The zero-order valence-corrected chi connectivity index (χ0v) is 11.3. The van der Waals surface area contributed by atoms with E-state index in [4.69, 9.17) is 14.9 Å². The van der Waals surface area contributed by atoms with Gasteiger partial charge in [0, 0.05) is 38.1 Å². The number of hydrogen-bond donors (Lipinski definition) is 2. The summed E-state index contributed by atoms with van der Waals surface area (Å²) in [6, 6.07) is -0.0203. The van der Waals surface area contributed by atoms with E-state index in [1.54, 1.807) is 6.20 Å². The van der Waals surface area contributed by atoms with E-state index < -0.39 is 6.09 Å². The van der Waals surface area contributed by atoms with E-state index in [0.29, 0.717) is 31.3 Å². The van der Waals surface area contributed by atoms with Gasteiger partial charge >= 0.3 is 6.09 Å². The number of aromatic nitrogens is 2. The van der Waals surface area contributed by atoms with Crippen LogP contribution in [-0.4, -0.2) is 70.1 Å². The molecular formula is C12H18N4O4. The summed E-state index contributed by atoms with van der Waals surface area (Å²) < 4.78 is 5.37. The van der Waals surface area contributed by atoms with Crippen LogP contribution in [0.3, 0.4) is 0 Å². The van der Waals surface area contributed by atoms with E-state index in [9.17, 15) is 4.79 Å². The molecule has 2 heterocycles. The summed E-state index contributed by atoms with van der Waals surface area (Å²) >= 11 is 0. The molecule has 1 aliphatic heterocycles. The number of carbonyl (C=O) groups is 1. The lowest BCUT2D eigenvalue weighted by atomic mass is 10.2. The molecular weight excluding hydrogens is 264 g/mol. The number of aliphatic hydroxyl groups excluding tert-OH is 1. The Balaban J connectivity index is 2.13. The van der Waals surface area contributed by atoms with Crippen LogP contribution < -0.4 is 9.64 Å². The first-order chi connectivity index (χ1) is 9.63. The average molecular weight is 282 g/mol. The smallest absolute Gasteiger partial charge is 0.407 e. The van der Waals surface area contributed by atoms with Crippen molar-refractivity contribution in [1.29, 1.82) is 0 Å². The van der Waals surface area contributed by atoms with E-state index in [1.165, 1.54) is 11.1 Å². The predicted octanol–water partition coefficient (Wildman–Crippen LogP) is 0.0362. The van der Waals surface area contributed by atoms with Gasteiger partial charge in [-0.3, -0.25) is 0 Å². The second-order valence-corrected chi connectivity index (χ2v) is 4.53. The van der Waals surface area contributed by atoms with Crippen molar-refractivity contribution in [2.24, 2.45) is 0 Å². The molecule has 8 nitrogen and oxygen atoms in total. The fraction of sp³-hybridized carbons (Fsp3) is 0.583. The Kier molecular flexibility index (Phi) is 4.57. The largest absolute Gasteiger partial charge is 0.473 e. The first-order valence-corrected chi connectivity index (χ1v) is 6.42. The lowest BCUT2D eigenvalue weighted by Crippen LogP contribution is -2.53. The van der Waals surface area contributed by atoms with Crippen LogP contribution in [-0.2, 0) is 0 Å². The fourth-order valence-electron chi connectivity index (χ4n) is 2.21. The van der Waals surface area contributed by atoms with Crippen molar-refractivity contribution in [2.45, 2.75) is 13.0 Å². The summed E-state index contributed by atoms with van der Waals surface area (Å²) in [4.78, 5) is 22.7. The molecule has 2 N–H and O–H groups in total. The van der Waals surface area contributed by atoms with Crippen molar-refractivity contribution in [2.75, 3.05) is 37.7 Å². The van der Waals surface area contributed by atoms with Gasteiger partial charge in [0.1, 0.15) is 6.61 Å². The molecule has 1 aromatic rings. The fourth-order valence-corrected chi connectivity index (χ4v) is 2.21. The maximum atomic E-state index is 11.0. The van der Waals surface area contributed by atoms with Gasteiger partial charge in [-0.05, 0) is 6.92 Å². The molecule has 20 heavy (non-hydrogen) atoms. The molecule has 0 radical (unpaired) electrons. The number of nitrogens with zero attached hydrogens (tertiary/aromatic N) is 4. The van der Waals surface area contributed by atoms with E-state index in [-0.39, 0.29) is 19.3 Å². The van der Waals surface area contributed by atoms with Gasteiger partial charge in [0.05, 0.1) is 6.61 Å². The molecule has 1 atom stereocenters. The molecule has 1 aliphatic rings. The molecule has 0 spiro atoms. The number of rotatable bonds is 4. The Morgan fingerprint density at radius 1 is 1.45 bits per heavy atom. The summed E-state index contributed by atoms with van der Waals surface area (Å²) in [5.41, 5.74) is 0. The molecule has 0 saturated carbocycles. The summed E-state index contributed by atoms with van der Waals surface area (Å²) in [5.74, 6) is 0.940. The van der Waals surface area contributed by atoms with Crippen LogP contribution in [0.15, 0.2) is 12.4 Å². The lowest BCUT2D eigenvalue weighted by molar-refractivity contribution is 0.135. The lowest BCUT2D eigenvalue weighted by Gasteiger charge is -2.39. The molecule has 0 bridgehead atoms. The number of aliphatic hydroxyl groups is 1. The van der Waals surface area contributed by atoms with Gasteiger partial charge in [0.2, 0.25) is 0 Å². The number of anilines is 1. The molecule has 1 aromatic heterocycles. The summed E-state index contributed by atoms with van der Waals surface area (Å²) in [6.07, 6.45) is 2.18. The SMILES string of the molecule is C[C@@H]1CN(C(=O)O)CCN1c1nccnc1OCCO. The molecule has 8 heteroatoms. The number of hydrogen-bond acceptors (Lipinski definition) is 6. The van der Waals surface area contributed by atoms with Gasteiger partial charge < -0.3 is 24.7 Å². The highest BCUT2D eigenvalue weighted by Gasteiger charge is 2.29. The standard InChI is InChI=1S/C12H18N4O4/c1-9-8-15(12(18)19)4-5-16(9)10-11(20-7-6-17)14-3-2-13-10/h2-3,9,17H,4-8H2,1H3,(H,18,19)/t9-/m1/s1. The van der Waals surface area contributed by atoms with Crippen molar-refractivity contribution < 1.29 is 19.7 Å². The van der Waals surface area contributed by atoms with E-state index in [0.717, 1.165) is 0 Å². The molecule has 110 valence electrons.